The van der Waals surface area contributed by atoms with Gasteiger partial charge in [-0.25, -0.2) is 4.79 Å². The molecule has 6 heteroatoms. The Kier molecular flexibility index (Phi) is 2.77. The van der Waals surface area contributed by atoms with E-state index < -0.39 is 6.04 Å². The van der Waals surface area contributed by atoms with Gasteiger partial charge in [0.1, 0.15) is 11.1 Å². The quantitative estimate of drug-likeness (QED) is 0.724. The summed E-state index contributed by atoms with van der Waals surface area (Å²) < 4.78 is 5.90. The van der Waals surface area contributed by atoms with Gasteiger partial charge in [0.25, 0.3) is 0 Å². The summed E-state index contributed by atoms with van der Waals surface area (Å²) in [6.45, 7) is 1.65. The van der Waals surface area contributed by atoms with Gasteiger partial charge in [-0.3, -0.25) is 4.68 Å². The molecule has 1 heterocycles. The number of nitrogen functional groups attached to an aromatic ring is 1. The summed E-state index contributed by atoms with van der Waals surface area (Å²) in [6, 6.07) is -0.514. The minimum absolute atomic E-state index is 0.206. The predicted molar refractivity (Wildman–Crippen MR) is 48.4 cm³/mol. The van der Waals surface area contributed by atoms with Crippen LogP contribution in [0.1, 0.15) is 13.0 Å². The summed E-state index contributed by atoms with van der Waals surface area (Å²) >= 11 is 5.66. The molecule has 1 atom stereocenters. The molecule has 2 N–H and O–H groups in total. The number of nitrogens with two attached hydrogens (primary N) is 1. The van der Waals surface area contributed by atoms with Gasteiger partial charge >= 0.3 is 5.97 Å². The van der Waals surface area contributed by atoms with E-state index in [-0.39, 0.29) is 11.8 Å². The number of hydrogen-bond donors (Lipinski definition) is 1. The molecule has 0 aliphatic carbocycles. The Morgan fingerprint density at radius 3 is 2.85 bits per heavy atom. The third-order valence-electron chi connectivity index (χ3n) is 1.65. The molecule has 1 aromatic heterocycles. The first-order valence-corrected chi connectivity index (χ1v) is 4.02. The lowest BCUT2D eigenvalue weighted by atomic mass is 10.3. The van der Waals surface area contributed by atoms with Crippen LogP contribution in [-0.4, -0.2) is 22.9 Å². The average Bonchev–Trinajstić information content (AvgIpc) is 2.44. The summed E-state index contributed by atoms with van der Waals surface area (Å²) in [6.07, 6.45) is 1.48. The number of anilines is 1. The molecule has 1 aromatic rings. The molecule has 0 fully saturated rings. The first kappa shape index (κ1) is 9.85. The molecule has 72 valence electrons. The van der Waals surface area contributed by atoms with E-state index in [4.69, 9.17) is 17.3 Å². The minimum Gasteiger partial charge on any atom is -0.467 e. The van der Waals surface area contributed by atoms with E-state index in [2.05, 4.69) is 9.84 Å². The monoisotopic (exact) mass is 203 g/mol. The zero-order valence-corrected chi connectivity index (χ0v) is 8.08. The molecular formula is C7H10ClN3O2. The molecule has 1 unspecified atom stereocenters. The second-order valence-corrected chi connectivity index (χ2v) is 2.95. The molecule has 0 aliphatic heterocycles. The minimum atomic E-state index is -0.514. The Morgan fingerprint density at radius 1 is 1.85 bits per heavy atom. The van der Waals surface area contributed by atoms with E-state index in [1.807, 2.05) is 0 Å². The predicted octanol–water partition coefficient (Wildman–Crippen LogP) is 0.853. The van der Waals surface area contributed by atoms with Crippen LogP contribution in [0.5, 0.6) is 0 Å². The summed E-state index contributed by atoms with van der Waals surface area (Å²) in [7, 11) is 1.31. The van der Waals surface area contributed by atoms with Crippen molar-refractivity contribution >= 4 is 23.4 Å². The van der Waals surface area contributed by atoms with Gasteiger partial charge in [0, 0.05) is 6.20 Å². The SMILES string of the molecule is COC(=O)C(C)n1cc(Cl)c(N)n1. The van der Waals surface area contributed by atoms with Crippen LogP contribution in [0.3, 0.4) is 0 Å². The number of rotatable bonds is 2. The van der Waals surface area contributed by atoms with Crippen molar-refractivity contribution in [2.45, 2.75) is 13.0 Å². The summed E-state index contributed by atoms with van der Waals surface area (Å²) in [5.74, 6) is -0.184. The van der Waals surface area contributed by atoms with Crippen LogP contribution in [-0.2, 0) is 9.53 Å². The van der Waals surface area contributed by atoms with E-state index in [1.54, 1.807) is 6.92 Å². The summed E-state index contributed by atoms with van der Waals surface area (Å²) in [5.41, 5.74) is 5.40. The highest BCUT2D eigenvalue weighted by atomic mass is 35.5. The van der Waals surface area contributed by atoms with Gasteiger partial charge in [-0.05, 0) is 6.92 Å². The molecule has 5 nitrogen and oxygen atoms in total. The van der Waals surface area contributed by atoms with Crippen LogP contribution < -0.4 is 5.73 Å². The highest BCUT2D eigenvalue weighted by Crippen LogP contribution is 2.18. The standard InChI is InChI=1S/C7H10ClN3O2/c1-4(7(12)13-2)11-3-5(8)6(9)10-11/h3-4H,1-2H3,(H2,9,10). The number of carbonyl (C=O) groups is 1. The molecule has 1 rings (SSSR count). The van der Waals surface area contributed by atoms with Crippen LogP contribution in [0.4, 0.5) is 5.82 Å². The average molecular weight is 204 g/mol. The Hall–Kier alpha value is -1.23. The maximum absolute atomic E-state index is 11.1. The number of esters is 1. The smallest absolute Gasteiger partial charge is 0.330 e. The Labute approximate surface area is 80.4 Å². The van der Waals surface area contributed by atoms with Gasteiger partial charge in [0.2, 0.25) is 0 Å². The third kappa shape index (κ3) is 1.92. The van der Waals surface area contributed by atoms with Crippen molar-refractivity contribution in [3.05, 3.63) is 11.2 Å². The zero-order chi connectivity index (χ0) is 10.0. The normalized spacial score (nSPS) is 12.5. The molecule has 0 bridgehead atoms. The van der Waals surface area contributed by atoms with Gasteiger partial charge < -0.3 is 10.5 Å². The third-order valence-corrected chi connectivity index (χ3v) is 1.94. The lowest BCUT2D eigenvalue weighted by molar-refractivity contribution is -0.144. The van der Waals surface area contributed by atoms with Gasteiger partial charge in [-0.15, -0.1) is 0 Å². The molecule has 0 amide bonds. The summed E-state index contributed by atoms with van der Waals surface area (Å²) in [4.78, 5) is 11.1. The molecule has 0 radical (unpaired) electrons. The number of nitrogens with zero attached hydrogens (tertiary/aromatic N) is 2. The highest BCUT2D eigenvalue weighted by molar-refractivity contribution is 6.32. The van der Waals surface area contributed by atoms with Gasteiger partial charge in [-0.1, -0.05) is 11.6 Å². The number of aromatic nitrogens is 2. The Balaban J connectivity index is 2.89. The van der Waals surface area contributed by atoms with E-state index >= 15 is 0 Å². The van der Waals surface area contributed by atoms with Crippen LogP contribution >= 0.6 is 11.6 Å². The highest BCUT2D eigenvalue weighted by Gasteiger charge is 2.17. The lowest BCUT2D eigenvalue weighted by Crippen LogP contribution is -2.18. The number of ether oxygens (including phenoxy) is 1. The fourth-order valence-corrected chi connectivity index (χ4v) is 0.998. The van der Waals surface area contributed by atoms with Gasteiger partial charge in [0.05, 0.1) is 7.11 Å². The second-order valence-electron chi connectivity index (χ2n) is 2.54. The van der Waals surface area contributed by atoms with Crippen LogP contribution in [0, 0.1) is 0 Å². The van der Waals surface area contributed by atoms with Crippen molar-refractivity contribution < 1.29 is 9.53 Å². The van der Waals surface area contributed by atoms with E-state index in [9.17, 15) is 4.79 Å². The lowest BCUT2D eigenvalue weighted by Gasteiger charge is -2.08. The van der Waals surface area contributed by atoms with Crippen molar-refractivity contribution in [1.82, 2.24) is 9.78 Å². The topological polar surface area (TPSA) is 70.1 Å². The second kappa shape index (κ2) is 3.66. The molecule has 0 saturated heterocycles. The van der Waals surface area contributed by atoms with Crippen molar-refractivity contribution in [2.75, 3.05) is 12.8 Å². The Bertz CT molecular complexity index is 304. The molecule has 0 spiro atoms. The van der Waals surface area contributed by atoms with E-state index in [0.29, 0.717) is 5.02 Å². The fraction of sp³-hybridized carbons (Fsp3) is 0.429. The number of hydrogen-bond acceptors (Lipinski definition) is 4. The molecule has 0 saturated carbocycles. The van der Waals surface area contributed by atoms with Crippen molar-refractivity contribution in [3.8, 4) is 0 Å². The van der Waals surface area contributed by atoms with Crippen LogP contribution in [0.15, 0.2) is 6.20 Å². The molecule has 0 aliphatic rings. The van der Waals surface area contributed by atoms with E-state index in [1.165, 1.54) is 18.0 Å². The van der Waals surface area contributed by atoms with Crippen LogP contribution in [0.25, 0.3) is 0 Å². The first-order valence-electron chi connectivity index (χ1n) is 3.64. The zero-order valence-electron chi connectivity index (χ0n) is 7.32. The molecule has 0 aromatic carbocycles. The molecule has 13 heavy (non-hydrogen) atoms. The van der Waals surface area contributed by atoms with Gasteiger partial charge in [0.15, 0.2) is 5.82 Å². The van der Waals surface area contributed by atoms with Crippen molar-refractivity contribution in [3.63, 3.8) is 0 Å². The number of carbonyl (C=O) groups excluding carboxylic acids is 1. The van der Waals surface area contributed by atoms with Crippen molar-refractivity contribution in [2.24, 2.45) is 0 Å². The fourth-order valence-electron chi connectivity index (χ4n) is 0.860. The summed E-state index contributed by atoms with van der Waals surface area (Å²) in [5, 5.41) is 4.17. The largest absolute Gasteiger partial charge is 0.467 e. The van der Waals surface area contributed by atoms with Crippen molar-refractivity contribution in [1.29, 1.82) is 0 Å². The van der Waals surface area contributed by atoms with Gasteiger partial charge in [-0.2, -0.15) is 5.10 Å². The maximum Gasteiger partial charge on any atom is 0.330 e. The number of halogens is 1. The molecular weight excluding hydrogens is 194 g/mol. The first-order chi connectivity index (χ1) is 6.06. The maximum atomic E-state index is 11.1. The van der Waals surface area contributed by atoms with Crippen LogP contribution in [0.2, 0.25) is 5.02 Å². The number of methoxy groups -OCH3 is 1. The Morgan fingerprint density at radius 2 is 2.46 bits per heavy atom. The van der Waals surface area contributed by atoms with E-state index in [0.717, 1.165) is 0 Å².